The summed E-state index contributed by atoms with van der Waals surface area (Å²) in [6.45, 7) is 2.46. The number of carbonyl (C=O) groups excluding carboxylic acids is 2. The summed E-state index contributed by atoms with van der Waals surface area (Å²) in [6.07, 6.45) is 2.73. The lowest BCUT2D eigenvalue weighted by Gasteiger charge is -2.35. The summed E-state index contributed by atoms with van der Waals surface area (Å²) in [5.41, 5.74) is 1.21. The van der Waals surface area contributed by atoms with Gasteiger partial charge in [0.15, 0.2) is 0 Å². The van der Waals surface area contributed by atoms with Gasteiger partial charge in [0, 0.05) is 44.1 Å². The zero-order valence-electron chi connectivity index (χ0n) is 14.3. The van der Waals surface area contributed by atoms with Gasteiger partial charge in [-0.25, -0.2) is 0 Å². The quantitative estimate of drug-likeness (QED) is 0.855. The standard InChI is InChI=1S/C19H25N3O3/c23-18-7-6-14(20-18)9-19(24)21-15-8-16-12-25-17(11-22(16)10-15)13-4-2-1-3-5-13/h1-5,14-17H,6-12H2,(H,20,23)(H,21,24)/t14-,15-,16+,17-/m1/s1. The molecule has 0 bridgehead atoms. The van der Waals surface area contributed by atoms with Crippen LogP contribution in [-0.2, 0) is 14.3 Å². The smallest absolute Gasteiger partial charge is 0.222 e. The Labute approximate surface area is 147 Å². The summed E-state index contributed by atoms with van der Waals surface area (Å²) in [5.74, 6) is 0.0949. The number of fused-ring (bicyclic) bond motifs is 1. The Morgan fingerprint density at radius 3 is 2.88 bits per heavy atom. The van der Waals surface area contributed by atoms with Gasteiger partial charge in [0.25, 0.3) is 0 Å². The zero-order chi connectivity index (χ0) is 17.2. The maximum absolute atomic E-state index is 12.2. The fourth-order valence-electron chi connectivity index (χ4n) is 4.19. The Kier molecular flexibility index (Phi) is 4.72. The molecule has 4 atom stereocenters. The number of rotatable bonds is 4. The lowest BCUT2D eigenvalue weighted by Crippen LogP contribution is -2.43. The van der Waals surface area contributed by atoms with E-state index in [1.54, 1.807) is 0 Å². The molecule has 0 aromatic heterocycles. The predicted octanol–water partition coefficient (Wildman–Crippen LogP) is 0.986. The van der Waals surface area contributed by atoms with Crippen LogP contribution >= 0.6 is 0 Å². The van der Waals surface area contributed by atoms with Crippen molar-refractivity contribution in [3.05, 3.63) is 35.9 Å². The molecule has 0 spiro atoms. The molecule has 3 fully saturated rings. The van der Waals surface area contributed by atoms with Gasteiger partial charge in [0.05, 0.1) is 12.7 Å². The van der Waals surface area contributed by atoms with E-state index in [0.29, 0.717) is 25.5 Å². The van der Waals surface area contributed by atoms with Crippen molar-refractivity contribution in [2.45, 2.75) is 49.9 Å². The minimum absolute atomic E-state index is 0.00211. The first-order valence-corrected chi connectivity index (χ1v) is 9.16. The molecule has 134 valence electrons. The summed E-state index contributed by atoms with van der Waals surface area (Å²) in [6, 6.07) is 10.9. The first-order valence-electron chi connectivity index (χ1n) is 9.16. The minimum Gasteiger partial charge on any atom is -0.371 e. The summed E-state index contributed by atoms with van der Waals surface area (Å²) in [7, 11) is 0. The molecule has 4 rings (SSSR count). The van der Waals surface area contributed by atoms with Gasteiger partial charge in [-0.1, -0.05) is 30.3 Å². The second-order valence-electron chi connectivity index (χ2n) is 7.35. The fourth-order valence-corrected chi connectivity index (χ4v) is 4.19. The van der Waals surface area contributed by atoms with E-state index in [1.807, 2.05) is 18.2 Å². The number of carbonyl (C=O) groups is 2. The van der Waals surface area contributed by atoms with Crippen LogP contribution in [0.1, 0.15) is 37.4 Å². The number of amides is 2. The number of nitrogens with zero attached hydrogens (tertiary/aromatic N) is 1. The highest BCUT2D eigenvalue weighted by atomic mass is 16.5. The van der Waals surface area contributed by atoms with Crippen LogP contribution in [0.15, 0.2) is 30.3 Å². The highest BCUT2D eigenvalue weighted by molar-refractivity contribution is 5.82. The highest BCUT2D eigenvalue weighted by Crippen LogP contribution is 2.30. The van der Waals surface area contributed by atoms with E-state index in [1.165, 1.54) is 5.56 Å². The van der Waals surface area contributed by atoms with Gasteiger partial charge in [0.2, 0.25) is 11.8 Å². The fraction of sp³-hybridized carbons (Fsp3) is 0.579. The van der Waals surface area contributed by atoms with Crippen LogP contribution in [0.5, 0.6) is 0 Å². The van der Waals surface area contributed by atoms with Crippen LogP contribution in [0.3, 0.4) is 0 Å². The Balaban J connectivity index is 1.28. The molecule has 3 aliphatic heterocycles. The number of hydrogen-bond donors (Lipinski definition) is 2. The molecule has 0 radical (unpaired) electrons. The molecule has 3 heterocycles. The predicted molar refractivity (Wildman–Crippen MR) is 92.8 cm³/mol. The lowest BCUT2D eigenvalue weighted by molar-refractivity contribution is -0.122. The van der Waals surface area contributed by atoms with Crippen molar-refractivity contribution in [3.63, 3.8) is 0 Å². The Morgan fingerprint density at radius 2 is 2.12 bits per heavy atom. The summed E-state index contributed by atoms with van der Waals surface area (Å²) < 4.78 is 6.05. The van der Waals surface area contributed by atoms with Crippen LogP contribution in [0.4, 0.5) is 0 Å². The SMILES string of the molecule is O=C1CC[C@H](CC(=O)N[C@@H]2C[C@H]3CO[C@@H](c4ccccc4)CN3C2)N1. The van der Waals surface area contributed by atoms with E-state index in [4.69, 9.17) is 4.74 Å². The third-order valence-electron chi connectivity index (χ3n) is 5.47. The Bertz CT molecular complexity index is 636. The third-order valence-corrected chi connectivity index (χ3v) is 5.47. The van der Waals surface area contributed by atoms with Gasteiger partial charge in [0.1, 0.15) is 0 Å². The number of hydrogen-bond acceptors (Lipinski definition) is 4. The second-order valence-corrected chi connectivity index (χ2v) is 7.35. The van der Waals surface area contributed by atoms with Crippen LogP contribution < -0.4 is 10.6 Å². The van der Waals surface area contributed by atoms with Crippen molar-refractivity contribution in [3.8, 4) is 0 Å². The Hall–Kier alpha value is -1.92. The van der Waals surface area contributed by atoms with E-state index in [2.05, 4.69) is 27.7 Å². The lowest BCUT2D eigenvalue weighted by atomic mass is 10.1. The first kappa shape index (κ1) is 16.5. The zero-order valence-corrected chi connectivity index (χ0v) is 14.3. The molecule has 2 N–H and O–H groups in total. The van der Waals surface area contributed by atoms with Crippen molar-refractivity contribution >= 4 is 11.8 Å². The van der Waals surface area contributed by atoms with E-state index in [0.717, 1.165) is 25.9 Å². The number of benzene rings is 1. The van der Waals surface area contributed by atoms with Gasteiger partial charge in [-0.3, -0.25) is 14.5 Å². The third kappa shape index (κ3) is 3.85. The van der Waals surface area contributed by atoms with Crippen molar-refractivity contribution in [2.24, 2.45) is 0 Å². The molecule has 0 unspecified atom stereocenters. The number of morpholine rings is 1. The van der Waals surface area contributed by atoms with Crippen LogP contribution in [-0.4, -0.2) is 54.5 Å². The molecule has 6 heteroatoms. The van der Waals surface area contributed by atoms with E-state index >= 15 is 0 Å². The molecule has 2 amide bonds. The van der Waals surface area contributed by atoms with Gasteiger partial charge in [-0.15, -0.1) is 0 Å². The maximum atomic E-state index is 12.2. The van der Waals surface area contributed by atoms with E-state index in [9.17, 15) is 9.59 Å². The van der Waals surface area contributed by atoms with Gasteiger partial charge in [-0.2, -0.15) is 0 Å². The van der Waals surface area contributed by atoms with E-state index < -0.39 is 0 Å². The molecule has 25 heavy (non-hydrogen) atoms. The van der Waals surface area contributed by atoms with Gasteiger partial charge >= 0.3 is 0 Å². The molecular weight excluding hydrogens is 318 g/mol. The maximum Gasteiger partial charge on any atom is 0.222 e. The van der Waals surface area contributed by atoms with Gasteiger partial charge < -0.3 is 15.4 Å². The molecule has 6 nitrogen and oxygen atoms in total. The molecular formula is C19H25N3O3. The summed E-state index contributed by atoms with van der Waals surface area (Å²) >= 11 is 0. The first-order chi connectivity index (χ1) is 12.2. The average molecular weight is 343 g/mol. The molecule has 3 saturated heterocycles. The molecule has 0 saturated carbocycles. The van der Waals surface area contributed by atoms with Crippen LogP contribution in [0.2, 0.25) is 0 Å². The number of ether oxygens (including phenoxy) is 1. The monoisotopic (exact) mass is 343 g/mol. The Morgan fingerprint density at radius 1 is 1.28 bits per heavy atom. The molecule has 1 aromatic rings. The largest absolute Gasteiger partial charge is 0.371 e. The van der Waals surface area contributed by atoms with Crippen molar-refractivity contribution < 1.29 is 14.3 Å². The summed E-state index contributed by atoms with van der Waals surface area (Å²) in [4.78, 5) is 25.9. The average Bonchev–Trinajstić information content (AvgIpc) is 3.20. The van der Waals surface area contributed by atoms with Crippen molar-refractivity contribution in [1.29, 1.82) is 0 Å². The minimum atomic E-state index is 0.00211. The molecule has 0 aliphatic carbocycles. The topological polar surface area (TPSA) is 70.7 Å². The van der Waals surface area contributed by atoms with Crippen molar-refractivity contribution in [2.75, 3.05) is 19.7 Å². The summed E-state index contributed by atoms with van der Waals surface area (Å²) in [5, 5.41) is 6.00. The van der Waals surface area contributed by atoms with Crippen LogP contribution in [0, 0.1) is 0 Å². The highest BCUT2D eigenvalue weighted by Gasteiger charge is 2.38. The van der Waals surface area contributed by atoms with Gasteiger partial charge in [-0.05, 0) is 18.4 Å². The van der Waals surface area contributed by atoms with Crippen molar-refractivity contribution in [1.82, 2.24) is 15.5 Å². The number of nitrogens with one attached hydrogen (secondary N) is 2. The van der Waals surface area contributed by atoms with E-state index in [-0.39, 0.29) is 30.0 Å². The van der Waals surface area contributed by atoms with Crippen LogP contribution in [0.25, 0.3) is 0 Å². The molecule has 3 aliphatic rings. The second kappa shape index (κ2) is 7.14. The molecule has 1 aromatic carbocycles. The normalized spacial score (nSPS) is 32.2.